The molecule has 1 aromatic rings. The van der Waals surface area contributed by atoms with Gasteiger partial charge in [0.2, 0.25) is 11.9 Å². The van der Waals surface area contributed by atoms with Gasteiger partial charge in [-0.2, -0.15) is 4.99 Å². The summed E-state index contributed by atoms with van der Waals surface area (Å²) in [4.78, 5) is 14.8. The molecule has 1 rings (SSSR count). The van der Waals surface area contributed by atoms with Crippen molar-refractivity contribution in [2.24, 2.45) is 21.5 Å². The molecule has 0 heterocycles. The van der Waals surface area contributed by atoms with Gasteiger partial charge in [0.25, 0.3) is 0 Å². The highest BCUT2D eigenvalue weighted by molar-refractivity contribution is 8.21. The van der Waals surface area contributed by atoms with Crippen LogP contribution in [-0.2, 0) is 4.84 Å². The third-order valence-corrected chi connectivity index (χ3v) is 4.51. The summed E-state index contributed by atoms with van der Waals surface area (Å²) in [6, 6.07) is 5.61. The highest BCUT2D eigenvalue weighted by Gasteiger charge is 2.06. The van der Waals surface area contributed by atoms with Gasteiger partial charge in [0.15, 0.2) is 0 Å². The Labute approximate surface area is 177 Å². The lowest BCUT2D eigenvalue weighted by atomic mass is 10.3. The summed E-state index contributed by atoms with van der Waals surface area (Å²) in [6.07, 6.45) is 0.625. The normalized spacial score (nSPS) is 12.0. The maximum Gasteiger partial charge on any atom is 0.221 e. The van der Waals surface area contributed by atoms with E-state index < -0.39 is 0 Å². The second kappa shape index (κ2) is 14.4. The van der Waals surface area contributed by atoms with Gasteiger partial charge in [-0.1, -0.05) is 0 Å². The summed E-state index contributed by atoms with van der Waals surface area (Å²) in [7, 11) is 13.8. The quantitative estimate of drug-likeness (QED) is 0.221. The van der Waals surface area contributed by atoms with E-state index in [1.165, 1.54) is 0 Å². The van der Waals surface area contributed by atoms with Crippen LogP contribution in [0.5, 0.6) is 5.75 Å². The number of nitrogens with zero attached hydrogens (tertiary/aromatic N) is 2. The van der Waals surface area contributed by atoms with E-state index in [0.717, 1.165) is 31.7 Å². The molecular formula is C14H22Cl3N5O2S2. The molecule has 148 valence electrons. The molecule has 0 amide bonds. The molecule has 5 N–H and O–H groups in total. The Hall–Kier alpha value is -0.710. The largest absolute Gasteiger partial charge is 0.492 e. The van der Waals surface area contributed by atoms with Crippen molar-refractivity contribution in [3.8, 4) is 5.75 Å². The van der Waals surface area contributed by atoms with Crippen LogP contribution in [-0.4, -0.2) is 31.2 Å². The zero-order valence-electron chi connectivity index (χ0n) is 14.3. The first-order valence-electron chi connectivity index (χ1n) is 7.35. The predicted octanol–water partition coefficient (Wildman–Crippen LogP) is 3.93. The average Bonchev–Trinajstić information content (AvgIpc) is 2.56. The maximum atomic E-state index is 5.81. The monoisotopic (exact) mass is 461 g/mol. The number of halogens is 3. The van der Waals surface area contributed by atoms with Crippen molar-refractivity contribution in [1.82, 2.24) is 5.48 Å². The van der Waals surface area contributed by atoms with Gasteiger partial charge in [-0.05, 0) is 75.4 Å². The molecule has 1 aromatic carbocycles. The van der Waals surface area contributed by atoms with Crippen LogP contribution in [0.4, 0.5) is 0 Å². The van der Waals surface area contributed by atoms with E-state index in [0.29, 0.717) is 25.4 Å². The van der Waals surface area contributed by atoms with Crippen molar-refractivity contribution in [2.75, 3.05) is 13.2 Å². The highest BCUT2D eigenvalue weighted by Crippen LogP contribution is 2.36. The third-order valence-electron chi connectivity index (χ3n) is 2.54. The number of hydroxylamine groups is 1. The number of hydrogen-bond acceptors (Lipinski definition) is 5. The van der Waals surface area contributed by atoms with Gasteiger partial charge in [-0.25, -0.2) is 10.5 Å². The number of aliphatic imine (C=N–C) groups is 2. The second-order valence-electron chi connectivity index (χ2n) is 4.99. The zero-order chi connectivity index (χ0) is 18.7. The minimum absolute atomic E-state index is 0. The molecule has 0 atom stereocenters. The van der Waals surface area contributed by atoms with Crippen LogP contribution in [0, 0.1) is 0 Å². The van der Waals surface area contributed by atoms with E-state index in [4.69, 9.17) is 42.4 Å². The van der Waals surface area contributed by atoms with Crippen LogP contribution >= 0.6 is 55.7 Å². The fourth-order valence-corrected chi connectivity index (χ4v) is 2.85. The van der Waals surface area contributed by atoms with Gasteiger partial charge >= 0.3 is 0 Å². The number of guanidine groups is 2. The molecule has 0 saturated heterocycles. The van der Waals surface area contributed by atoms with Crippen molar-refractivity contribution < 1.29 is 9.57 Å². The highest BCUT2D eigenvalue weighted by atomic mass is 35.7. The molecule has 0 spiro atoms. The first-order chi connectivity index (χ1) is 12.0. The molecule has 26 heavy (non-hydrogen) atoms. The number of nitrogens with two attached hydrogens (primary N) is 2. The Kier molecular flexibility index (Phi) is 14.0. The van der Waals surface area contributed by atoms with Gasteiger partial charge in [0, 0.05) is 17.4 Å². The van der Waals surface area contributed by atoms with Gasteiger partial charge in [0.1, 0.15) is 5.75 Å². The zero-order valence-corrected chi connectivity index (χ0v) is 18.2. The maximum absolute atomic E-state index is 5.81. The van der Waals surface area contributed by atoms with E-state index in [2.05, 4.69) is 15.5 Å². The Morgan fingerprint density at radius 3 is 2.58 bits per heavy atom. The van der Waals surface area contributed by atoms with E-state index in [9.17, 15) is 0 Å². The molecule has 0 radical (unpaired) electrons. The molecule has 0 bridgehead atoms. The minimum atomic E-state index is 0. The van der Waals surface area contributed by atoms with Gasteiger partial charge < -0.3 is 16.2 Å². The summed E-state index contributed by atoms with van der Waals surface area (Å²) in [5.41, 5.74) is 13.7. The fraction of sp³-hybridized carbons (Fsp3) is 0.429. The van der Waals surface area contributed by atoms with E-state index in [1.807, 2.05) is 32.0 Å². The molecule has 0 aromatic heterocycles. The van der Waals surface area contributed by atoms with Crippen molar-refractivity contribution >= 4 is 67.6 Å². The minimum Gasteiger partial charge on any atom is -0.492 e. The molecule has 0 aliphatic heterocycles. The molecular weight excluding hydrogens is 441 g/mol. The Morgan fingerprint density at radius 2 is 1.96 bits per heavy atom. The van der Waals surface area contributed by atoms with E-state index >= 15 is 0 Å². The van der Waals surface area contributed by atoms with Crippen molar-refractivity contribution in [3.05, 3.63) is 18.2 Å². The summed E-state index contributed by atoms with van der Waals surface area (Å²) in [6.45, 7) is 4.58. The molecule has 0 aliphatic rings. The lowest BCUT2D eigenvalue weighted by molar-refractivity contribution is 0.0736. The Bertz CT molecular complexity index is 606. The average molecular weight is 463 g/mol. The van der Waals surface area contributed by atoms with Crippen molar-refractivity contribution in [3.63, 3.8) is 0 Å². The lowest BCUT2D eigenvalue weighted by Gasteiger charge is -2.11. The summed E-state index contributed by atoms with van der Waals surface area (Å²) in [5, 5.41) is 0. The SMILES string of the molecule is CC(C)N=C(N)N=C(N)NOCCCOc1cc(SCl)ccc1SCl.Cl. The Morgan fingerprint density at radius 1 is 1.23 bits per heavy atom. The predicted molar refractivity (Wildman–Crippen MR) is 115 cm³/mol. The van der Waals surface area contributed by atoms with Gasteiger partial charge in [0.05, 0.1) is 18.1 Å². The third kappa shape index (κ3) is 10.4. The smallest absolute Gasteiger partial charge is 0.221 e. The van der Waals surface area contributed by atoms with E-state index in [1.54, 1.807) is 0 Å². The topological polar surface area (TPSA) is 107 Å². The number of nitrogens with one attached hydrogen (secondary N) is 1. The number of hydrogen-bond donors (Lipinski definition) is 3. The van der Waals surface area contributed by atoms with Crippen molar-refractivity contribution in [1.29, 1.82) is 0 Å². The first-order valence-corrected chi connectivity index (χ1v) is 10.6. The molecule has 0 fully saturated rings. The van der Waals surface area contributed by atoms with Gasteiger partial charge in [-0.15, -0.1) is 12.4 Å². The first kappa shape index (κ1) is 25.3. The summed E-state index contributed by atoms with van der Waals surface area (Å²) in [5.74, 6) is 0.808. The summed E-state index contributed by atoms with van der Waals surface area (Å²) < 4.78 is 5.70. The fourth-order valence-electron chi connectivity index (χ4n) is 1.59. The summed E-state index contributed by atoms with van der Waals surface area (Å²) >= 11 is 0. The molecule has 0 saturated carbocycles. The number of ether oxygens (including phenoxy) is 1. The van der Waals surface area contributed by atoms with Crippen LogP contribution in [0.2, 0.25) is 0 Å². The van der Waals surface area contributed by atoms with Crippen LogP contribution < -0.4 is 21.7 Å². The van der Waals surface area contributed by atoms with Crippen LogP contribution in [0.15, 0.2) is 38.0 Å². The van der Waals surface area contributed by atoms with E-state index in [-0.39, 0.29) is 30.4 Å². The van der Waals surface area contributed by atoms with Crippen LogP contribution in [0.25, 0.3) is 0 Å². The molecule has 0 aliphatic carbocycles. The van der Waals surface area contributed by atoms with Crippen LogP contribution in [0.3, 0.4) is 0 Å². The molecule has 12 heteroatoms. The molecule has 7 nitrogen and oxygen atoms in total. The lowest BCUT2D eigenvalue weighted by Crippen LogP contribution is -2.34. The van der Waals surface area contributed by atoms with Gasteiger partial charge in [-0.3, -0.25) is 4.84 Å². The number of benzene rings is 1. The van der Waals surface area contributed by atoms with Crippen molar-refractivity contribution in [2.45, 2.75) is 36.1 Å². The van der Waals surface area contributed by atoms with Crippen LogP contribution in [0.1, 0.15) is 20.3 Å². The Balaban J connectivity index is 0.00000625. The standard InChI is InChI=1S/C14H21Cl2N5O2S2.ClH/c1-9(2)19-13(17)20-14(18)21-23-7-3-6-22-11-8-10(24-15)4-5-12(11)25-16;/h4-5,8-9H,3,6-7H2,1-2H3,(H5,17,18,19,20,21);1H. The molecule has 0 unspecified atom stereocenters. The second-order valence-corrected chi connectivity index (χ2v) is 7.14. The number of rotatable bonds is 9.